The Labute approximate surface area is 303 Å². The minimum Gasteiger partial charge on any atom is -0.445 e. The molecule has 0 spiro atoms. The molecule has 3 fully saturated rings. The van der Waals surface area contributed by atoms with Crippen molar-refractivity contribution in [1.82, 2.24) is 25.0 Å². The number of nitrogens with zero attached hydrogens (tertiary/aromatic N) is 3. The number of likely N-dealkylation sites (N-methyl/N-ethyl adjacent to an activating group) is 1. The van der Waals surface area contributed by atoms with Crippen LogP contribution in [0.5, 0.6) is 0 Å². The topological polar surface area (TPSA) is 145 Å². The van der Waals surface area contributed by atoms with Crippen LogP contribution < -0.4 is 5.32 Å². The number of halogens is 1. The number of amides is 4. The number of hydrogen-bond donors (Lipinski definition) is 3. The van der Waals surface area contributed by atoms with Gasteiger partial charge in [0, 0.05) is 43.2 Å². The molecule has 52 heavy (non-hydrogen) atoms. The third-order valence-electron chi connectivity index (χ3n) is 10.8. The normalized spacial score (nSPS) is 23.2. The summed E-state index contributed by atoms with van der Waals surface area (Å²) < 4.78 is 25.4. The number of carbonyl (C=O) groups is 4. The van der Waals surface area contributed by atoms with Crippen molar-refractivity contribution in [1.29, 1.82) is 0 Å². The van der Waals surface area contributed by atoms with Crippen molar-refractivity contribution in [3.8, 4) is 0 Å². The second-order valence-corrected chi connectivity index (χ2v) is 15.4. The summed E-state index contributed by atoms with van der Waals surface area (Å²) in [6, 6.07) is 10.4. The number of aliphatic hydroxyl groups is 1. The van der Waals surface area contributed by atoms with Crippen molar-refractivity contribution in [3.05, 3.63) is 71.7 Å². The molecule has 2 aliphatic heterocycles. The van der Waals surface area contributed by atoms with E-state index >= 15 is 0 Å². The maximum atomic E-state index is 14.9. The molecule has 13 heteroatoms. The van der Waals surface area contributed by atoms with Crippen LogP contribution >= 0.6 is 0 Å². The summed E-state index contributed by atoms with van der Waals surface area (Å²) in [6.45, 7) is 6.94. The summed E-state index contributed by atoms with van der Waals surface area (Å²) in [5, 5.41) is 15.4. The number of nitrogens with one attached hydrogen (secondary N) is 2. The quantitative estimate of drug-likeness (QED) is 0.287. The van der Waals surface area contributed by atoms with E-state index in [0.29, 0.717) is 5.52 Å². The lowest BCUT2D eigenvalue weighted by Gasteiger charge is -2.37. The average Bonchev–Trinajstić information content (AvgIpc) is 3.82. The number of H-pyrrole nitrogens is 1. The van der Waals surface area contributed by atoms with Crippen LogP contribution in [0.15, 0.2) is 54.7 Å². The van der Waals surface area contributed by atoms with Gasteiger partial charge in [0.25, 0.3) is 0 Å². The summed E-state index contributed by atoms with van der Waals surface area (Å²) in [7, 11) is 1.48. The van der Waals surface area contributed by atoms with E-state index in [2.05, 4.69) is 10.3 Å². The van der Waals surface area contributed by atoms with Gasteiger partial charge in [0.15, 0.2) is 0 Å². The number of fused-ring (bicyclic) bond motifs is 2. The first-order chi connectivity index (χ1) is 24.7. The standard InChI is InChI=1S/C39H50FN5O7/c1-23(43(5)37(49)52-39(2,3)4)35(47)42-32(25-14-10-7-11-15-25)36(48)44-21-31(46)34-33(44)29(28-19-41-30-18-26(40)16-17-27(28)30)20-45(34)38(50)51-22-24-12-8-6-9-13-24/h6,8-9,12-13,16-19,23,25,29,31-34,41,46H,7,10-11,14-15,20-22H2,1-5H3,(H,42,47)/t23-,29?,31?,32-,33+,34+/m0/s1. The van der Waals surface area contributed by atoms with Gasteiger partial charge in [0.1, 0.15) is 30.1 Å². The minimum absolute atomic E-state index is 0.0367. The van der Waals surface area contributed by atoms with E-state index < -0.39 is 65.7 Å². The molecule has 6 rings (SSSR count). The fourth-order valence-corrected chi connectivity index (χ4v) is 8.05. The SMILES string of the molecule is C[C@@H](C(=O)N[C@H](C(=O)N1CC(O)[C@@H]2[C@H]1C(c1c[nH]c3cc(F)ccc13)CN2C(=O)OCc1ccccc1)C1CCCCC1)N(C)C(=O)OC(C)(C)C. The van der Waals surface area contributed by atoms with E-state index in [0.717, 1.165) is 48.6 Å². The largest absolute Gasteiger partial charge is 0.445 e. The maximum absolute atomic E-state index is 14.9. The molecule has 1 saturated carbocycles. The Balaban J connectivity index is 1.31. The van der Waals surface area contributed by atoms with Crippen molar-refractivity contribution < 1.29 is 38.1 Å². The van der Waals surface area contributed by atoms with Crippen LogP contribution in [0.25, 0.3) is 10.9 Å². The van der Waals surface area contributed by atoms with Crippen molar-refractivity contribution in [2.45, 2.75) is 108 Å². The molecule has 3 N–H and O–H groups in total. The first-order valence-corrected chi connectivity index (χ1v) is 18.2. The Hall–Kier alpha value is -4.65. The summed E-state index contributed by atoms with van der Waals surface area (Å²) in [5.74, 6) is -1.88. The van der Waals surface area contributed by atoms with Crippen molar-refractivity contribution in [2.75, 3.05) is 20.1 Å². The molecule has 6 atom stereocenters. The summed E-state index contributed by atoms with van der Waals surface area (Å²) in [6.07, 6.45) is 3.70. The molecule has 3 aliphatic rings. The van der Waals surface area contributed by atoms with Crippen LogP contribution in [0.2, 0.25) is 0 Å². The van der Waals surface area contributed by atoms with Crippen LogP contribution in [-0.2, 0) is 25.7 Å². The van der Waals surface area contributed by atoms with Gasteiger partial charge in [-0.2, -0.15) is 0 Å². The molecule has 2 unspecified atom stereocenters. The number of carbonyl (C=O) groups excluding carboxylic acids is 4. The Morgan fingerprint density at radius 3 is 2.42 bits per heavy atom. The van der Waals surface area contributed by atoms with Gasteiger partial charge in [-0.3, -0.25) is 19.4 Å². The average molecular weight is 720 g/mol. The molecule has 3 heterocycles. The maximum Gasteiger partial charge on any atom is 0.410 e. The molecule has 2 saturated heterocycles. The second-order valence-electron chi connectivity index (χ2n) is 15.4. The Bertz CT molecular complexity index is 1770. The Kier molecular flexibility index (Phi) is 10.8. The number of ether oxygens (including phenoxy) is 2. The van der Waals surface area contributed by atoms with Gasteiger partial charge in [-0.1, -0.05) is 49.6 Å². The highest BCUT2D eigenvalue weighted by molar-refractivity contribution is 5.92. The minimum atomic E-state index is -1.09. The van der Waals surface area contributed by atoms with Crippen LogP contribution in [-0.4, -0.2) is 105 Å². The van der Waals surface area contributed by atoms with Gasteiger partial charge in [-0.25, -0.2) is 14.0 Å². The smallest absolute Gasteiger partial charge is 0.410 e. The number of aliphatic hydroxyl groups excluding tert-OH is 1. The zero-order valence-electron chi connectivity index (χ0n) is 30.5. The zero-order valence-corrected chi connectivity index (χ0v) is 30.5. The molecule has 1 aromatic heterocycles. The van der Waals surface area contributed by atoms with E-state index in [1.165, 1.54) is 29.0 Å². The van der Waals surface area contributed by atoms with E-state index in [-0.39, 0.29) is 31.5 Å². The fraction of sp³-hybridized carbons (Fsp3) is 0.538. The van der Waals surface area contributed by atoms with Crippen molar-refractivity contribution in [3.63, 3.8) is 0 Å². The monoisotopic (exact) mass is 719 g/mol. The van der Waals surface area contributed by atoms with Crippen LogP contribution in [0.4, 0.5) is 14.0 Å². The third-order valence-corrected chi connectivity index (χ3v) is 10.8. The summed E-state index contributed by atoms with van der Waals surface area (Å²) in [5.41, 5.74) is 1.40. The highest BCUT2D eigenvalue weighted by Gasteiger charge is 2.58. The first-order valence-electron chi connectivity index (χ1n) is 18.2. The molecular weight excluding hydrogens is 669 g/mol. The molecule has 2 aromatic carbocycles. The molecule has 4 amide bonds. The Morgan fingerprint density at radius 2 is 1.73 bits per heavy atom. The number of aromatic amines is 1. The number of aromatic nitrogens is 1. The molecular formula is C39H50FN5O7. The predicted octanol–water partition coefficient (Wildman–Crippen LogP) is 5.30. The number of β-amino-alcohol motifs (C(OH)–C–C–N with tert-alkyl or cyclic N) is 1. The number of hydrogen-bond acceptors (Lipinski definition) is 7. The van der Waals surface area contributed by atoms with E-state index in [1.807, 2.05) is 30.3 Å². The number of benzene rings is 2. The van der Waals surface area contributed by atoms with E-state index in [9.17, 15) is 28.7 Å². The van der Waals surface area contributed by atoms with Gasteiger partial charge in [0.2, 0.25) is 11.8 Å². The molecule has 12 nitrogen and oxygen atoms in total. The van der Waals surface area contributed by atoms with Crippen LogP contribution in [0, 0.1) is 11.7 Å². The second kappa shape index (κ2) is 15.1. The number of rotatable bonds is 8. The molecule has 280 valence electrons. The van der Waals surface area contributed by atoms with Gasteiger partial charge >= 0.3 is 12.2 Å². The highest BCUT2D eigenvalue weighted by Crippen LogP contribution is 2.44. The first kappa shape index (κ1) is 37.1. The lowest BCUT2D eigenvalue weighted by atomic mass is 9.82. The predicted molar refractivity (Wildman–Crippen MR) is 192 cm³/mol. The van der Waals surface area contributed by atoms with Crippen molar-refractivity contribution >= 4 is 34.9 Å². The molecule has 0 radical (unpaired) electrons. The Morgan fingerprint density at radius 1 is 1.02 bits per heavy atom. The lowest BCUT2D eigenvalue weighted by Crippen LogP contribution is -2.58. The highest BCUT2D eigenvalue weighted by atomic mass is 19.1. The molecule has 1 aliphatic carbocycles. The van der Waals surface area contributed by atoms with Crippen LogP contribution in [0.1, 0.15) is 76.8 Å². The molecule has 0 bridgehead atoms. The van der Waals surface area contributed by atoms with Gasteiger partial charge in [0.05, 0.1) is 18.2 Å². The lowest BCUT2D eigenvalue weighted by molar-refractivity contribution is -0.140. The number of likely N-dealkylation sites (tertiary alicyclic amines) is 2. The third kappa shape index (κ3) is 7.74. The van der Waals surface area contributed by atoms with Gasteiger partial charge < -0.3 is 29.8 Å². The van der Waals surface area contributed by atoms with Gasteiger partial charge in [-0.05, 0) is 75.8 Å². The van der Waals surface area contributed by atoms with Gasteiger partial charge in [-0.15, -0.1) is 0 Å². The van der Waals surface area contributed by atoms with Crippen LogP contribution in [0.3, 0.4) is 0 Å². The zero-order chi connectivity index (χ0) is 37.3. The summed E-state index contributed by atoms with van der Waals surface area (Å²) in [4.78, 5) is 62.7. The summed E-state index contributed by atoms with van der Waals surface area (Å²) >= 11 is 0. The van der Waals surface area contributed by atoms with Crippen molar-refractivity contribution in [2.24, 2.45) is 5.92 Å². The van der Waals surface area contributed by atoms with E-state index in [1.54, 1.807) is 44.9 Å². The fourth-order valence-electron chi connectivity index (χ4n) is 8.05. The van der Waals surface area contributed by atoms with E-state index in [4.69, 9.17) is 9.47 Å². The molecule has 3 aromatic rings.